The van der Waals surface area contributed by atoms with Crippen LogP contribution in [0.15, 0.2) is 54.6 Å². The fourth-order valence-electron chi connectivity index (χ4n) is 3.65. The maximum absolute atomic E-state index is 12.4. The van der Waals surface area contributed by atoms with Gasteiger partial charge in [0.15, 0.2) is 0 Å². The number of carboxylic acid groups (broad SMARTS) is 1. The molecule has 1 fully saturated rings. The maximum atomic E-state index is 12.4. The minimum absolute atomic E-state index is 0.132. The van der Waals surface area contributed by atoms with Gasteiger partial charge in [0.2, 0.25) is 0 Å². The highest BCUT2D eigenvalue weighted by Gasteiger charge is 2.62. The smallest absolute Gasteiger partial charge is 0.314 e. The molecule has 1 heterocycles. The number of fused-ring (bicyclic) bond motifs is 1. The zero-order valence-corrected chi connectivity index (χ0v) is 12.8. The minimum Gasteiger partial charge on any atom is -0.481 e. The van der Waals surface area contributed by atoms with E-state index >= 15 is 0 Å². The van der Waals surface area contributed by atoms with Gasteiger partial charge in [-0.15, -0.1) is 0 Å². The van der Waals surface area contributed by atoms with E-state index in [-0.39, 0.29) is 24.3 Å². The molecule has 1 saturated carbocycles. The van der Waals surface area contributed by atoms with Gasteiger partial charge in [0.1, 0.15) is 0 Å². The lowest BCUT2D eigenvalue weighted by Gasteiger charge is -2.17. The average Bonchev–Trinajstić information content (AvgIpc) is 3.29. The molecule has 24 heavy (non-hydrogen) atoms. The van der Waals surface area contributed by atoms with Gasteiger partial charge in [0.25, 0.3) is 11.8 Å². The van der Waals surface area contributed by atoms with Gasteiger partial charge in [-0.2, -0.15) is 0 Å². The van der Waals surface area contributed by atoms with E-state index in [0.29, 0.717) is 17.5 Å². The normalized spacial score (nSPS) is 24.8. The van der Waals surface area contributed by atoms with Crippen molar-refractivity contribution in [2.24, 2.45) is 5.92 Å². The molecule has 2 atom stereocenters. The van der Waals surface area contributed by atoms with E-state index in [0.717, 1.165) is 5.56 Å². The largest absolute Gasteiger partial charge is 0.481 e. The summed E-state index contributed by atoms with van der Waals surface area (Å²) in [6, 6.07) is 15.7. The lowest BCUT2D eigenvalue weighted by Crippen LogP contribution is -2.34. The quantitative estimate of drug-likeness (QED) is 0.877. The lowest BCUT2D eigenvalue weighted by molar-refractivity contribution is -0.140. The summed E-state index contributed by atoms with van der Waals surface area (Å²) in [5, 5.41) is 9.72. The summed E-state index contributed by atoms with van der Waals surface area (Å²) in [4.78, 5) is 37.9. The first-order chi connectivity index (χ1) is 11.6. The van der Waals surface area contributed by atoms with E-state index in [2.05, 4.69) is 0 Å². The van der Waals surface area contributed by atoms with E-state index in [1.165, 1.54) is 4.90 Å². The summed E-state index contributed by atoms with van der Waals surface area (Å²) >= 11 is 0. The number of aliphatic carboxylic acids is 1. The Hall–Kier alpha value is -2.95. The third-order valence-corrected chi connectivity index (χ3v) is 5.06. The molecule has 0 unspecified atom stereocenters. The molecule has 2 aliphatic rings. The predicted octanol–water partition coefficient (Wildman–Crippen LogP) is 2.33. The van der Waals surface area contributed by atoms with Gasteiger partial charge in [0, 0.05) is 6.54 Å². The van der Waals surface area contributed by atoms with Crippen molar-refractivity contribution in [3.63, 3.8) is 0 Å². The summed E-state index contributed by atoms with van der Waals surface area (Å²) in [6.45, 7) is 0.132. The SMILES string of the molecule is O=C1c2ccccc2C(=O)N1C[C@@H]1C[C@@]1(C(=O)O)c1ccccc1. The van der Waals surface area contributed by atoms with Crippen LogP contribution < -0.4 is 0 Å². The maximum Gasteiger partial charge on any atom is 0.314 e. The first-order valence-corrected chi connectivity index (χ1v) is 7.80. The number of hydrogen-bond donors (Lipinski definition) is 1. The second-order valence-corrected chi connectivity index (χ2v) is 6.31. The molecule has 1 aliphatic carbocycles. The van der Waals surface area contributed by atoms with Crippen molar-refractivity contribution >= 4 is 17.8 Å². The van der Waals surface area contributed by atoms with Gasteiger partial charge in [-0.3, -0.25) is 19.3 Å². The molecule has 0 saturated heterocycles. The van der Waals surface area contributed by atoms with Crippen LogP contribution in [0.1, 0.15) is 32.7 Å². The number of carbonyl (C=O) groups is 3. The van der Waals surface area contributed by atoms with Crippen molar-refractivity contribution in [3.8, 4) is 0 Å². The third-order valence-electron chi connectivity index (χ3n) is 5.06. The summed E-state index contributed by atoms with van der Waals surface area (Å²) in [5.74, 6) is -1.85. The molecular formula is C19H15NO4. The number of carboxylic acids is 1. The highest BCUT2D eigenvalue weighted by molar-refractivity contribution is 6.21. The van der Waals surface area contributed by atoms with Crippen molar-refractivity contribution < 1.29 is 19.5 Å². The molecular weight excluding hydrogens is 306 g/mol. The predicted molar refractivity (Wildman–Crippen MR) is 85.7 cm³/mol. The first-order valence-electron chi connectivity index (χ1n) is 7.80. The molecule has 120 valence electrons. The summed E-state index contributed by atoms with van der Waals surface area (Å²) in [6.07, 6.45) is 0.430. The van der Waals surface area contributed by atoms with Gasteiger partial charge in [0.05, 0.1) is 16.5 Å². The van der Waals surface area contributed by atoms with Crippen LogP contribution in [0.4, 0.5) is 0 Å². The topological polar surface area (TPSA) is 74.7 Å². The molecule has 5 heteroatoms. The number of benzene rings is 2. The highest BCUT2D eigenvalue weighted by atomic mass is 16.4. The zero-order chi connectivity index (χ0) is 16.9. The number of hydrogen-bond acceptors (Lipinski definition) is 3. The molecule has 1 aliphatic heterocycles. The summed E-state index contributed by atoms with van der Waals surface area (Å²) in [5.41, 5.74) is 0.503. The van der Waals surface area contributed by atoms with Crippen LogP contribution in [0.5, 0.6) is 0 Å². The van der Waals surface area contributed by atoms with Crippen LogP contribution in [0, 0.1) is 5.92 Å². The van der Waals surface area contributed by atoms with Crippen LogP contribution in [0.3, 0.4) is 0 Å². The lowest BCUT2D eigenvalue weighted by atomic mass is 9.93. The number of rotatable bonds is 4. The van der Waals surface area contributed by atoms with Gasteiger partial charge < -0.3 is 5.11 Å². The molecule has 0 aromatic heterocycles. The van der Waals surface area contributed by atoms with E-state index < -0.39 is 11.4 Å². The van der Waals surface area contributed by atoms with Crippen LogP contribution in [-0.4, -0.2) is 34.3 Å². The molecule has 4 rings (SSSR count). The van der Waals surface area contributed by atoms with Crippen molar-refractivity contribution in [2.45, 2.75) is 11.8 Å². The standard InChI is InChI=1S/C19H15NO4/c21-16-14-8-4-5-9-15(14)17(22)20(16)11-13-10-19(13,18(23)24)12-6-2-1-3-7-12/h1-9,13H,10-11H2,(H,23,24)/t13-,19+/m0/s1. The van der Waals surface area contributed by atoms with Gasteiger partial charge in [-0.25, -0.2) is 0 Å². The Morgan fingerprint density at radius 3 is 2.08 bits per heavy atom. The van der Waals surface area contributed by atoms with Crippen molar-refractivity contribution in [2.75, 3.05) is 6.54 Å². The van der Waals surface area contributed by atoms with E-state index in [1.807, 2.05) is 6.07 Å². The van der Waals surface area contributed by atoms with Gasteiger partial charge in [-0.05, 0) is 30.0 Å². The van der Waals surface area contributed by atoms with E-state index in [1.54, 1.807) is 48.5 Å². The second-order valence-electron chi connectivity index (χ2n) is 6.31. The van der Waals surface area contributed by atoms with Crippen LogP contribution in [0.25, 0.3) is 0 Å². The van der Waals surface area contributed by atoms with Crippen molar-refractivity contribution in [3.05, 3.63) is 71.3 Å². The minimum atomic E-state index is -1.00. The molecule has 0 bridgehead atoms. The Kier molecular flexibility index (Phi) is 3.06. The van der Waals surface area contributed by atoms with Gasteiger partial charge >= 0.3 is 5.97 Å². The average molecular weight is 321 g/mol. The first kappa shape index (κ1) is 14.6. The fraction of sp³-hybridized carbons (Fsp3) is 0.211. The number of imide groups is 1. The molecule has 2 amide bonds. The second kappa shape index (κ2) is 5.03. The Labute approximate surface area is 138 Å². The van der Waals surface area contributed by atoms with Gasteiger partial charge in [-0.1, -0.05) is 42.5 Å². The monoisotopic (exact) mass is 321 g/mol. The molecule has 0 radical (unpaired) electrons. The summed E-state index contributed by atoms with van der Waals surface area (Å²) in [7, 11) is 0. The zero-order valence-electron chi connectivity index (χ0n) is 12.8. The van der Waals surface area contributed by atoms with E-state index in [4.69, 9.17) is 0 Å². The van der Waals surface area contributed by atoms with Crippen LogP contribution in [0.2, 0.25) is 0 Å². The Balaban J connectivity index is 1.61. The highest BCUT2D eigenvalue weighted by Crippen LogP contribution is 2.55. The molecule has 0 spiro atoms. The molecule has 2 aromatic rings. The summed E-state index contributed by atoms with van der Waals surface area (Å²) < 4.78 is 0. The number of amides is 2. The number of nitrogens with zero attached hydrogens (tertiary/aromatic N) is 1. The van der Waals surface area contributed by atoms with Crippen molar-refractivity contribution in [1.29, 1.82) is 0 Å². The molecule has 5 nitrogen and oxygen atoms in total. The van der Waals surface area contributed by atoms with Crippen LogP contribution in [-0.2, 0) is 10.2 Å². The Bertz CT molecular complexity index is 826. The number of carbonyl (C=O) groups excluding carboxylic acids is 2. The van der Waals surface area contributed by atoms with Crippen molar-refractivity contribution in [1.82, 2.24) is 4.90 Å². The van der Waals surface area contributed by atoms with E-state index in [9.17, 15) is 19.5 Å². The molecule has 1 N–H and O–H groups in total. The Morgan fingerprint density at radius 1 is 1.00 bits per heavy atom. The van der Waals surface area contributed by atoms with Crippen LogP contribution >= 0.6 is 0 Å². The third kappa shape index (κ3) is 1.91. The fourth-order valence-corrected chi connectivity index (χ4v) is 3.65. The Morgan fingerprint density at radius 2 is 1.54 bits per heavy atom. The molecule has 2 aromatic carbocycles.